The Morgan fingerprint density at radius 2 is 2.27 bits per heavy atom. The molecule has 2 aliphatic carbocycles. The van der Waals surface area contributed by atoms with Crippen LogP contribution in [-0.4, -0.2) is 11.2 Å². The second-order valence-corrected chi connectivity index (χ2v) is 5.98. The van der Waals surface area contributed by atoms with E-state index in [1.807, 2.05) is 6.92 Å². The van der Waals surface area contributed by atoms with Crippen molar-refractivity contribution < 1.29 is 5.11 Å². The van der Waals surface area contributed by atoms with E-state index in [2.05, 4.69) is 27.8 Å². The van der Waals surface area contributed by atoms with Crippen LogP contribution in [0.15, 0.2) is 10.6 Å². The molecule has 0 radical (unpaired) electrons. The normalized spacial score (nSPS) is 45.5. The number of aliphatic hydroxyl groups excluding tert-OH is 1. The summed E-state index contributed by atoms with van der Waals surface area (Å²) in [6.07, 6.45) is 6.14. The van der Waals surface area contributed by atoms with E-state index in [1.54, 1.807) is 5.57 Å². The lowest BCUT2D eigenvalue weighted by Gasteiger charge is -2.43. The summed E-state index contributed by atoms with van der Waals surface area (Å²) in [5.41, 5.74) is 1.93. The van der Waals surface area contributed by atoms with Crippen molar-refractivity contribution in [1.82, 2.24) is 0 Å². The van der Waals surface area contributed by atoms with Crippen LogP contribution in [0.2, 0.25) is 0 Å². The van der Waals surface area contributed by atoms with E-state index in [9.17, 15) is 5.11 Å². The summed E-state index contributed by atoms with van der Waals surface area (Å²) in [6, 6.07) is 0. The number of halogens is 1. The van der Waals surface area contributed by atoms with Crippen molar-refractivity contribution in [3.8, 4) is 0 Å². The fourth-order valence-corrected chi connectivity index (χ4v) is 4.55. The van der Waals surface area contributed by atoms with Gasteiger partial charge in [-0.05, 0) is 61.3 Å². The van der Waals surface area contributed by atoms with Gasteiger partial charge in [0, 0.05) is 0 Å². The summed E-state index contributed by atoms with van der Waals surface area (Å²) < 4.78 is 0. The van der Waals surface area contributed by atoms with Gasteiger partial charge in [0.15, 0.2) is 0 Å². The zero-order valence-corrected chi connectivity index (χ0v) is 11.3. The zero-order valence-electron chi connectivity index (χ0n) is 9.67. The molecular formula is C13H21BrO. The highest BCUT2D eigenvalue weighted by Gasteiger charge is 2.50. The number of hydrogen-bond acceptors (Lipinski definition) is 1. The molecule has 15 heavy (non-hydrogen) atoms. The van der Waals surface area contributed by atoms with E-state index in [1.165, 1.54) is 32.1 Å². The summed E-state index contributed by atoms with van der Waals surface area (Å²) in [6.45, 7) is 4.35. The van der Waals surface area contributed by atoms with E-state index >= 15 is 0 Å². The zero-order chi connectivity index (χ0) is 11.1. The molecular weight excluding hydrogens is 252 g/mol. The molecule has 2 rings (SSSR count). The van der Waals surface area contributed by atoms with Crippen LogP contribution in [0, 0.1) is 17.3 Å². The molecule has 0 aromatic carbocycles. The highest BCUT2D eigenvalue weighted by molar-refractivity contribution is 9.11. The van der Waals surface area contributed by atoms with Gasteiger partial charge in [-0.1, -0.05) is 28.4 Å². The molecule has 0 spiro atoms. The lowest BCUT2D eigenvalue weighted by Crippen LogP contribution is -2.37. The van der Waals surface area contributed by atoms with Gasteiger partial charge < -0.3 is 5.11 Å². The topological polar surface area (TPSA) is 20.2 Å². The molecule has 0 heterocycles. The summed E-state index contributed by atoms with van der Waals surface area (Å²) >= 11 is 3.50. The van der Waals surface area contributed by atoms with Crippen LogP contribution in [0.4, 0.5) is 0 Å². The van der Waals surface area contributed by atoms with Gasteiger partial charge in [0.05, 0.1) is 6.10 Å². The third kappa shape index (κ3) is 1.80. The highest BCUT2D eigenvalue weighted by Crippen LogP contribution is 2.58. The number of fused-ring (bicyclic) bond motifs is 1. The van der Waals surface area contributed by atoms with Gasteiger partial charge in [-0.3, -0.25) is 0 Å². The summed E-state index contributed by atoms with van der Waals surface area (Å²) in [4.78, 5) is 2.14. The monoisotopic (exact) mass is 272 g/mol. The molecule has 3 unspecified atom stereocenters. The minimum atomic E-state index is -0.144. The Labute approximate surface area is 101 Å². The van der Waals surface area contributed by atoms with Gasteiger partial charge in [0.2, 0.25) is 0 Å². The Kier molecular flexibility index (Phi) is 3.27. The minimum absolute atomic E-state index is 0.144. The quantitative estimate of drug-likeness (QED) is 0.769. The molecule has 4 atom stereocenters. The third-order valence-electron chi connectivity index (χ3n) is 4.76. The first-order valence-electron chi connectivity index (χ1n) is 6.07. The van der Waals surface area contributed by atoms with Crippen LogP contribution in [0.1, 0.15) is 46.0 Å². The molecule has 2 aliphatic rings. The molecule has 0 amide bonds. The van der Waals surface area contributed by atoms with Crippen LogP contribution in [-0.2, 0) is 0 Å². The van der Waals surface area contributed by atoms with Crippen LogP contribution in [0.3, 0.4) is 0 Å². The van der Waals surface area contributed by atoms with Gasteiger partial charge in [0.1, 0.15) is 0 Å². The second kappa shape index (κ2) is 4.21. The average Bonchev–Trinajstić information content (AvgIpc) is 2.54. The predicted octanol–water partition coefficient (Wildman–Crippen LogP) is 3.86. The summed E-state index contributed by atoms with van der Waals surface area (Å²) in [5.74, 6) is 1.22. The second-order valence-electron chi connectivity index (χ2n) is 5.52. The Bertz CT molecular complexity index is 272. The Balaban J connectivity index is 2.27. The standard InChI is InChI=1S/C13H21BrO/c1-9(15)11-5-6-12-10(8-14)4-3-7-13(11,12)2/h8-9,11-12,15H,3-7H2,1-2H3/b10-8+/t9-,11?,12?,13?/m0/s1. The maximum absolute atomic E-state index is 9.88. The molecule has 0 aromatic heterocycles. The minimum Gasteiger partial charge on any atom is -0.393 e. The Hall–Kier alpha value is 0.180. The van der Waals surface area contributed by atoms with E-state index in [-0.39, 0.29) is 6.10 Å². The number of hydrogen-bond donors (Lipinski definition) is 1. The molecule has 2 saturated carbocycles. The molecule has 0 aliphatic heterocycles. The smallest absolute Gasteiger partial charge is 0.0545 e. The van der Waals surface area contributed by atoms with E-state index < -0.39 is 0 Å². The van der Waals surface area contributed by atoms with Gasteiger partial charge in [-0.25, -0.2) is 0 Å². The maximum Gasteiger partial charge on any atom is 0.0545 e. The molecule has 1 N–H and O–H groups in total. The van der Waals surface area contributed by atoms with Gasteiger partial charge >= 0.3 is 0 Å². The van der Waals surface area contributed by atoms with E-state index in [0.29, 0.717) is 17.3 Å². The first-order chi connectivity index (χ1) is 7.09. The van der Waals surface area contributed by atoms with Crippen molar-refractivity contribution in [2.45, 2.75) is 52.1 Å². The van der Waals surface area contributed by atoms with Crippen LogP contribution < -0.4 is 0 Å². The summed E-state index contributed by atoms with van der Waals surface area (Å²) in [5, 5.41) is 9.88. The average molecular weight is 273 g/mol. The van der Waals surface area contributed by atoms with Crippen LogP contribution in [0.25, 0.3) is 0 Å². The van der Waals surface area contributed by atoms with Crippen molar-refractivity contribution >= 4 is 15.9 Å². The number of rotatable bonds is 1. The van der Waals surface area contributed by atoms with Crippen LogP contribution in [0.5, 0.6) is 0 Å². The molecule has 0 bridgehead atoms. The van der Waals surface area contributed by atoms with Gasteiger partial charge in [0.25, 0.3) is 0 Å². The highest BCUT2D eigenvalue weighted by atomic mass is 79.9. The van der Waals surface area contributed by atoms with E-state index in [4.69, 9.17) is 0 Å². The van der Waals surface area contributed by atoms with Crippen molar-refractivity contribution in [2.75, 3.05) is 0 Å². The number of allylic oxidation sites excluding steroid dienone is 1. The fourth-order valence-electron chi connectivity index (χ4n) is 4.00. The van der Waals surface area contributed by atoms with Crippen molar-refractivity contribution in [1.29, 1.82) is 0 Å². The van der Waals surface area contributed by atoms with Crippen LogP contribution >= 0.6 is 15.9 Å². The summed E-state index contributed by atoms with van der Waals surface area (Å²) in [7, 11) is 0. The first-order valence-corrected chi connectivity index (χ1v) is 6.98. The van der Waals surface area contributed by atoms with Gasteiger partial charge in [-0.15, -0.1) is 0 Å². The molecule has 0 aromatic rings. The molecule has 1 nitrogen and oxygen atoms in total. The number of aliphatic hydroxyl groups is 1. The molecule has 86 valence electrons. The molecule has 2 fully saturated rings. The predicted molar refractivity (Wildman–Crippen MR) is 66.9 cm³/mol. The van der Waals surface area contributed by atoms with Crippen molar-refractivity contribution in [3.63, 3.8) is 0 Å². The molecule has 0 saturated heterocycles. The van der Waals surface area contributed by atoms with E-state index in [0.717, 1.165) is 0 Å². The lowest BCUT2D eigenvalue weighted by atomic mass is 9.63. The largest absolute Gasteiger partial charge is 0.393 e. The Morgan fingerprint density at radius 1 is 1.53 bits per heavy atom. The first kappa shape index (κ1) is 11.7. The Morgan fingerprint density at radius 3 is 2.87 bits per heavy atom. The third-order valence-corrected chi connectivity index (χ3v) is 5.35. The lowest BCUT2D eigenvalue weighted by molar-refractivity contribution is 0.0303. The van der Waals surface area contributed by atoms with Gasteiger partial charge in [-0.2, -0.15) is 0 Å². The fraction of sp³-hybridized carbons (Fsp3) is 0.846. The van der Waals surface area contributed by atoms with Crippen molar-refractivity contribution in [2.24, 2.45) is 17.3 Å². The van der Waals surface area contributed by atoms with Crippen molar-refractivity contribution in [3.05, 3.63) is 10.6 Å². The SMILES string of the molecule is C[C@H](O)C1CCC2/C(=C/Br)CCCC21C. The maximum atomic E-state index is 9.88. The molecule has 2 heteroatoms.